The Labute approximate surface area is 78.1 Å². The van der Waals surface area contributed by atoms with Gasteiger partial charge in [0.15, 0.2) is 0 Å². The van der Waals surface area contributed by atoms with Crippen LogP contribution in [-0.2, 0) is 0 Å². The normalized spacial score (nSPS) is 13.9. The minimum Gasteiger partial charge on any atom is -0.0993 e. The van der Waals surface area contributed by atoms with Crippen LogP contribution in [-0.4, -0.2) is 0 Å². The van der Waals surface area contributed by atoms with E-state index in [9.17, 15) is 0 Å². The Hall–Kier alpha value is -0.260. The van der Waals surface area contributed by atoms with Crippen molar-refractivity contribution in [2.45, 2.75) is 47.5 Å². The summed E-state index contributed by atoms with van der Waals surface area (Å²) in [6.07, 6.45) is 2.63. The van der Waals surface area contributed by atoms with Crippen molar-refractivity contribution in [3.8, 4) is 0 Å². The smallest absolute Gasteiger partial charge is 0.0232 e. The third-order valence-corrected chi connectivity index (χ3v) is 2.55. The van der Waals surface area contributed by atoms with E-state index in [-0.39, 0.29) is 0 Å². The minimum absolute atomic E-state index is 0.646. The second kappa shape index (κ2) is 5.40. The molecule has 0 aromatic rings. The van der Waals surface area contributed by atoms with E-state index in [1.807, 2.05) is 0 Å². The molecule has 0 heteroatoms. The molecule has 0 N–H and O–H groups in total. The third kappa shape index (κ3) is 4.58. The first-order valence-corrected chi connectivity index (χ1v) is 5.13. The molecule has 0 fully saturated rings. The van der Waals surface area contributed by atoms with Gasteiger partial charge in [-0.1, -0.05) is 53.2 Å². The zero-order valence-electron chi connectivity index (χ0n) is 9.35. The largest absolute Gasteiger partial charge is 0.0993 e. The summed E-state index contributed by atoms with van der Waals surface area (Å²) in [6, 6.07) is 0. The van der Waals surface area contributed by atoms with E-state index >= 15 is 0 Å². The third-order valence-electron chi connectivity index (χ3n) is 2.55. The monoisotopic (exact) mass is 168 g/mol. The van der Waals surface area contributed by atoms with Gasteiger partial charge in [-0.15, -0.1) is 0 Å². The maximum absolute atomic E-state index is 4.13. The zero-order chi connectivity index (χ0) is 9.72. The highest BCUT2D eigenvalue weighted by atomic mass is 14.2. The molecule has 0 aliphatic heterocycles. The molecule has 0 nitrogen and oxygen atoms in total. The van der Waals surface area contributed by atoms with Gasteiger partial charge in [-0.25, -0.2) is 0 Å². The van der Waals surface area contributed by atoms with Crippen LogP contribution < -0.4 is 0 Å². The average Bonchev–Trinajstić information content (AvgIpc) is 1.98. The molecule has 0 aliphatic rings. The molecule has 0 aliphatic carbocycles. The van der Waals surface area contributed by atoms with Crippen molar-refractivity contribution in [1.82, 2.24) is 0 Å². The van der Waals surface area contributed by atoms with Crippen molar-refractivity contribution in [2.75, 3.05) is 0 Å². The first-order valence-electron chi connectivity index (χ1n) is 5.13. The molecule has 0 saturated carbocycles. The lowest BCUT2D eigenvalue weighted by molar-refractivity contribution is 0.466. The quantitative estimate of drug-likeness (QED) is 0.538. The van der Waals surface area contributed by atoms with Gasteiger partial charge in [-0.2, -0.15) is 0 Å². The fourth-order valence-electron chi connectivity index (χ4n) is 1.34. The molecule has 0 rings (SSSR count). The molecular weight excluding hydrogens is 144 g/mol. The zero-order valence-corrected chi connectivity index (χ0v) is 9.35. The van der Waals surface area contributed by atoms with Crippen LogP contribution in [0.1, 0.15) is 47.5 Å². The summed E-state index contributed by atoms with van der Waals surface area (Å²) in [7, 11) is 0. The standard InChI is InChI=1S/C12H24/c1-9(2)7-8-11(5)12(6)10(3)4/h9-11H,6-8H2,1-5H3. The molecule has 0 radical (unpaired) electrons. The first-order chi connectivity index (χ1) is 5.45. The van der Waals surface area contributed by atoms with Gasteiger partial charge >= 0.3 is 0 Å². The lowest BCUT2D eigenvalue weighted by Gasteiger charge is -2.18. The fourth-order valence-corrected chi connectivity index (χ4v) is 1.34. The van der Waals surface area contributed by atoms with Crippen LogP contribution in [0.15, 0.2) is 12.2 Å². The molecule has 1 unspecified atom stereocenters. The van der Waals surface area contributed by atoms with Crippen molar-refractivity contribution in [1.29, 1.82) is 0 Å². The van der Waals surface area contributed by atoms with Gasteiger partial charge in [0.2, 0.25) is 0 Å². The van der Waals surface area contributed by atoms with Gasteiger partial charge in [0, 0.05) is 0 Å². The summed E-state index contributed by atoms with van der Waals surface area (Å²) in [4.78, 5) is 0. The topological polar surface area (TPSA) is 0 Å². The number of allylic oxidation sites excluding steroid dienone is 1. The summed E-state index contributed by atoms with van der Waals surface area (Å²) >= 11 is 0. The summed E-state index contributed by atoms with van der Waals surface area (Å²) in [5.74, 6) is 2.17. The molecule has 0 heterocycles. The Bertz CT molecular complexity index is 131. The number of hydrogen-bond acceptors (Lipinski definition) is 0. The molecule has 0 amide bonds. The van der Waals surface area contributed by atoms with Gasteiger partial charge in [-0.05, 0) is 24.2 Å². The predicted octanol–water partition coefficient (Wildman–Crippen LogP) is 4.27. The number of hydrogen-bond donors (Lipinski definition) is 0. The Morgan fingerprint density at radius 3 is 1.83 bits per heavy atom. The summed E-state index contributed by atoms with van der Waals surface area (Å²) in [6.45, 7) is 15.5. The first kappa shape index (κ1) is 11.7. The van der Waals surface area contributed by atoms with Gasteiger partial charge in [-0.3, -0.25) is 0 Å². The predicted molar refractivity (Wildman–Crippen MR) is 57.2 cm³/mol. The van der Waals surface area contributed by atoms with Gasteiger partial charge in [0.25, 0.3) is 0 Å². The van der Waals surface area contributed by atoms with Crippen LogP contribution >= 0.6 is 0 Å². The highest BCUT2D eigenvalue weighted by Gasteiger charge is 2.10. The molecule has 0 spiro atoms. The Kier molecular flexibility index (Phi) is 5.28. The Morgan fingerprint density at radius 2 is 1.50 bits per heavy atom. The van der Waals surface area contributed by atoms with E-state index in [2.05, 4.69) is 41.2 Å². The second-order valence-electron chi connectivity index (χ2n) is 4.60. The second-order valence-corrected chi connectivity index (χ2v) is 4.60. The van der Waals surface area contributed by atoms with Crippen molar-refractivity contribution in [3.63, 3.8) is 0 Å². The van der Waals surface area contributed by atoms with E-state index in [4.69, 9.17) is 0 Å². The molecule has 72 valence electrons. The average molecular weight is 168 g/mol. The van der Waals surface area contributed by atoms with Crippen LogP contribution in [0.2, 0.25) is 0 Å². The summed E-state index contributed by atoms with van der Waals surface area (Å²) in [5.41, 5.74) is 1.41. The molecule has 0 saturated heterocycles. The van der Waals surface area contributed by atoms with Crippen molar-refractivity contribution < 1.29 is 0 Å². The lowest BCUT2D eigenvalue weighted by atomic mass is 9.88. The molecule has 0 aromatic carbocycles. The molecule has 1 atom stereocenters. The van der Waals surface area contributed by atoms with Crippen LogP contribution in [0.3, 0.4) is 0 Å². The fraction of sp³-hybridized carbons (Fsp3) is 0.833. The number of rotatable bonds is 5. The van der Waals surface area contributed by atoms with E-state index in [1.54, 1.807) is 0 Å². The van der Waals surface area contributed by atoms with E-state index in [0.717, 1.165) is 5.92 Å². The summed E-state index contributed by atoms with van der Waals surface area (Å²) in [5, 5.41) is 0. The maximum Gasteiger partial charge on any atom is -0.0232 e. The van der Waals surface area contributed by atoms with Crippen molar-refractivity contribution >= 4 is 0 Å². The molecule has 0 bridgehead atoms. The van der Waals surface area contributed by atoms with Crippen LogP contribution in [0.25, 0.3) is 0 Å². The lowest BCUT2D eigenvalue weighted by Crippen LogP contribution is -2.05. The molecular formula is C12H24. The van der Waals surface area contributed by atoms with Gasteiger partial charge in [0.1, 0.15) is 0 Å². The van der Waals surface area contributed by atoms with Gasteiger partial charge in [0.05, 0.1) is 0 Å². The Balaban J connectivity index is 3.72. The van der Waals surface area contributed by atoms with E-state index in [0.29, 0.717) is 11.8 Å². The highest BCUT2D eigenvalue weighted by molar-refractivity contribution is 5.01. The summed E-state index contributed by atoms with van der Waals surface area (Å²) < 4.78 is 0. The van der Waals surface area contributed by atoms with E-state index in [1.165, 1.54) is 18.4 Å². The Morgan fingerprint density at radius 1 is 1.00 bits per heavy atom. The van der Waals surface area contributed by atoms with Crippen LogP contribution in [0, 0.1) is 17.8 Å². The molecule has 12 heavy (non-hydrogen) atoms. The minimum atomic E-state index is 0.646. The van der Waals surface area contributed by atoms with Crippen LogP contribution in [0.4, 0.5) is 0 Å². The molecule has 0 aromatic heterocycles. The van der Waals surface area contributed by atoms with Gasteiger partial charge < -0.3 is 0 Å². The van der Waals surface area contributed by atoms with Crippen molar-refractivity contribution in [3.05, 3.63) is 12.2 Å². The highest BCUT2D eigenvalue weighted by Crippen LogP contribution is 2.23. The SMILES string of the molecule is C=C(C(C)C)C(C)CCC(C)C. The maximum atomic E-state index is 4.13. The van der Waals surface area contributed by atoms with Crippen LogP contribution in [0.5, 0.6) is 0 Å². The van der Waals surface area contributed by atoms with Crippen molar-refractivity contribution in [2.24, 2.45) is 17.8 Å². The van der Waals surface area contributed by atoms with E-state index < -0.39 is 0 Å².